The minimum absolute atomic E-state index is 0.111. The van der Waals surface area contributed by atoms with Gasteiger partial charge in [0, 0.05) is 53.2 Å². The Kier molecular flexibility index (Phi) is 8.25. The average molecular weight is 527 g/mol. The van der Waals surface area contributed by atoms with Gasteiger partial charge in [0.25, 0.3) is 0 Å². The van der Waals surface area contributed by atoms with Gasteiger partial charge in [0.05, 0.1) is 12.6 Å². The zero-order chi connectivity index (χ0) is 26.0. The van der Waals surface area contributed by atoms with E-state index >= 15 is 0 Å². The molecule has 4 atom stereocenters. The molecule has 0 aliphatic heterocycles. The Hall–Kier alpha value is -1.93. The number of hydrogen-bond donors (Lipinski definition) is 3. The van der Waals surface area contributed by atoms with Crippen LogP contribution >= 0.6 is 11.6 Å². The number of nitrogens with one attached hydrogen (secondary N) is 1. The van der Waals surface area contributed by atoms with E-state index in [9.17, 15) is 5.11 Å². The van der Waals surface area contributed by atoms with E-state index in [1.807, 2.05) is 12.3 Å². The Balaban J connectivity index is 1.15. The van der Waals surface area contributed by atoms with E-state index in [4.69, 9.17) is 32.9 Å². The molecule has 200 valence electrons. The maximum atomic E-state index is 10.6. The van der Waals surface area contributed by atoms with Crippen molar-refractivity contribution in [1.29, 1.82) is 0 Å². The number of rotatable bonds is 10. The summed E-state index contributed by atoms with van der Waals surface area (Å²) in [4.78, 5) is 13.1. The van der Waals surface area contributed by atoms with Crippen molar-refractivity contribution in [2.75, 3.05) is 26.2 Å². The summed E-state index contributed by atoms with van der Waals surface area (Å²) in [5.74, 6) is 8.70. The van der Waals surface area contributed by atoms with Gasteiger partial charge in [0.1, 0.15) is 6.10 Å². The van der Waals surface area contributed by atoms with Crippen molar-refractivity contribution in [2.45, 2.75) is 57.7 Å². The van der Waals surface area contributed by atoms with Crippen LogP contribution in [0.15, 0.2) is 56.2 Å². The van der Waals surface area contributed by atoms with Gasteiger partial charge in [-0.1, -0.05) is 40.5 Å². The van der Waals surface area contributed by atoms with E-state index in [-0.39, 0.29) is 18.6 Å². The van der Waals surface area contributed by atoms with Gasteiger partial charge in [-0.2, -0.15) is 0 Å². The highest BCUT2D eigenvalue weighted by molar-refractivity contribution is 6.31. The molecule has 4 bridgehead atoms. The quantitative estimate of drug-likeness (QED) is 0.0926. The number of aliphatic imine (C=N–C) groups is 1. The van der Waals surface area contributed by atoms with Crippen molar-refractivity contribution in [2.24, 2.45) is 51.0 Å². The second kappa shape index (κ2) is 11.4. The first kappa shape index (κ1) is 26.7. The Morgan fingerprint density at radius 1 is 1.22 bits per heavy atom. The lowest BCUT2D eigenvalue weighted by Crippen LogP contribution is -2.53. The number of aliphatic hydroxyl groups excluding tert-OH is 1. The summed E-state index contributed by atoms with van der Waals surface area (Å²) in [6, 6.07) is 0. The van der Waals surface area contributed by atoms with E-state index in [0.717, 1.165) is 23.3 Å². The third kappa shape index (κ3) is 5.75. The van der Waals surface area contributed by atoms with Crippen LogP contribution in [0.2, 0.25) is 0 Å². The molecule has 6 aliphatic carbocycles. The largest absolute Gasteiger partial charge is 0.388 e. The lowest BCUT2D eigenvalue weighted by Gasteiger charge is -2.60. The maximum absolute atomic E-state index is 10.6. The number of hydrogen-bond acceptors (Lipinski definition) is 6. The van der Waals surface area contributed by atoms with Crippen molar-refractivity contribution in [3.05, 3.63) is 56.5 Å². The van der Waals surface area contributed by atoms with Gasteiger partial charge in [0.2, 0.25) is 0 Å². The van der Waals surface area contributed by atoms with E-state index in [1.165, 1.54) is 44.1 Å². The highest BCUT2D eigenvalue weighted by Gasteiger charge is 2.56. The van der Waals surface area contributed by atoms with E-state index in [2.05, 4.69) is 34.4 Å². The van der Waals surface area contributed by atoms with Crippen LogP contribution in [0.1, 0.15) is 45.4 Å². The lowest BCUT2D eigenvalue weighted by atomic mass is 9.45. The van der Waals surface area contributed by atoms with Crippen LogP contribution in [-0.2, 0) is 4.84 Å². The van der Waals surface area contributed by atoms with Crippen LogP contribution in [0, 0.1) is 35.0 Å². The van der Waals surface area contributed by atoms with E-state index in [0.29, 0.717) is 41.6 Å². The summed E-state index contributed by atoms with van der Waals surface area (Å²) < 4.78 is 0. The van der Waals surface area contributed by atoms with Gasteiger partial charge in [-0.05, 0) is 85.8 Å². The molecular weight excluding hydrogens is 488 g/mol. The second-order valence-corrected chi connectivity index (χ2v) is 12.4. The first-order valence-electron chi connectivity index (χ1n) is 13.6. The minimum Gasteiger partial charge on any atom is -0.388 e. The van der Waals surface area contributed by atoms with Gasteiger partial charge >= 0.3 is 0 Å². The Morgan fingerprint density at radius 2 is 1.92 bits per heavy atom. The third-order valence-corrected chi connectivity index (χ3v) is 9.50. The fraction of sp³-hybridized carbons (Fsp3) is 0.679. The van der Waals surface area contributed by atoms with Crippen molar-refractivity contribution in [3.63, 3.8) is 0 Å². The van der Waals surface area contributed by atoms with Gasteiger partial charge in [0.15, 0.2) is 0 Å². The van der Waals surface area contributed by atoms with Crippen molar-refractivity contribution in [3.8, 4) is 0 Å². The molecule has 0 aromatic rings. The topological polar surface area (TPSA) is 129 Å². The highest BCUT2D eigenvalue weighted by atomic mass is 35.5. The van der Waals surface area contributed by atoms with Crippen LogP contribution in [0.25, 0.3) is 10.4 Å². The standard InChI is InChI=1S/C28H39ClN6O2/c1-17-4-23(15-33-3-2-32-14-21-9-24(29)10-22(26(21)36)16-34-35-30)27(37-31)25(5-17)28-11-18-6-19(12-28)8-20(7-18)13-28/h4-5,9-10,15,18-21,25-27,32,36H,2-3,6-8,11-14,16,31H2,1H3/b33-15+. The number of nitrogens with zero attached hydrogens (tertiary/aromatic N) is 4. The number of allylic oxidation sites excluding steroid dienone is 4. The summed E-state index contributed by atoms with van der Waals surface area (Å²) >= 11 is 6.20. The molecule has 4 N–H and O–H groups in total. The number of halogens is 1. The fourth-order valence-electron chi connectivity index (χ4n) is 8.22. The zero-order valence-corrected chi connectivity index (χ0v) is 22.4. The molecule has 6 aliphatic rings. The van der Waals surface area contributed by atoms with Gasteiger partial charge in [-0.25, -0.2) is 5.90 Å². The Morgan fingerprint density at radius 3 is 2.57 bits per heavy atom. The molecule has 4 saturated carbocycles. The molecule has 4 unspecified atom stereocenters. The summed E-state index contributed by atoms with van der Waals surface area (Å²) in [6.45, 7) is 4.10. The molecule has 9 heteroatoms. The van der Waals surface area contributed by atoms with Crippen LogP contribution in [0.3, 0.4) is 0 Å². The Bertz CT molecular complexity index is 1040. The summed E-state index contributed by atoms with van der Waals surface area (Å²) in [5, 5.41) is 18.0. The molecule has 0 spiro atoms. The lowest BCUT2D eigenvalue weighted by molar-refractivity contribution is -0.108. The fourth-order valence-corrected chi connectivity index (χ4v) is 8.52. The minimum atomic E-state index is -0.727. The third-order valence-electron chi connectivity index (χ3n) is 9.27. The SMILES string of the molecule is CC1=CC(C23CC4CC(CC(C4)C2)C3)C(ON)C(/C=N/CCNCC2C=C(Cl)C=C(CN=[N+]=[N-])C2O)=C1. The first-order valence-corrected chi connectivity index (χ1v) is 14.0. The average Bonchev–Trinajstić information content (AvgIpc) is 2.85. The molecule has 0 amide bonds. The second-order valence-electron chi connectivity index (χ2n) is 11.9. The monoisotopic (exact) mass is 526 g/mol. The van der Waals surface area contributed by atoms with E-state index in [1.54, 1.807) is 6.08 Å². The summed E-state index contributed by atoms with van der Waals surface area (Å²) in [6.07, 6.45) is 17.3. The molecule has 37 heavy (non-hydrogen) atoms. The van der Waals surface area contributed by atoms with Gasteiger partial charge in [-0.15, -0.1) is 0 Å². The number of nitrogens with two attached hydrogens (primary N) is 1. The smallest absolute Gasteiger partial charge is 0.112 e. The van der Waals surface area contributed by atoms with Crippen molar-refractivity contribution >= 4 is 17.8 Å². The molecule has 8 nitrogen and oxygen atoms in total. The first-order chi connectivity index (χ1) is 17.9. The highest BCUT2D eigenvalue weighted by Crippen LogP contribution is 2.64. The van der Waals surface area contributed by atoms with Crippen molar-refractivity contribution < 1.29 is 9.94 Å². The normalized spacial score (nSPS) is 38.6. The van der Waals surface area contributed by atoms with Gasteiger partial charge in [-0.3, -0.25) is 9.83 Å². The molecule has 0 aromatic carbocycles. The predicted octanol–water partition coefficient (Wildman–Crippen LogP) is 4.97. The zero-order valence-electron chi connectivity index (χ0n) is 21.6. The molecule has 4 fully saturated rings. The predicted molar refractivity (Wildman–Crippen MR) is 147 cm³/mol. The summed E-state index contributed by atoms with van der Waals surface area (Å²) in [5.41, 5.74) is 11.8. The molecule has 0 heterocycles. The summed E-state index contributed by atoms with van der Waals surface area (Å²) in [7, 11) is 0. The molecule has 6 rings (SSSR count). The molecule has 0 radical (unpaired) electrons. The van der Waals surface area contributed by atoms with Gasteiger partial charge < -0.3 is 10.4 Å². The van der Waals surface area contributed by atoms with Crippen LogP contribution < -0.4 is 11.2 Å². The maximum Gasteiger partial charge on any atom is 0.112 e. The number of aliphatic hydroxyl groups is 1. The molecule has 0 aromatic heterocycles. The van der Waals surface area contributed by atoms with E-state index < -0.39 is 6.10 Å². The van der Waals surface area contributed by atoms with Crippen LogP contribution in [0.5, 0.6) is 0 Å². The molecular formula is C28H39ClN6O2. The van der Waals surface area contributed by atoms with Crippen LogP contribution in [0.4, 0.5) is 0 Å². The van der Waals surface area contributed by atoms with Crippen molar-refractivity contribution in [1.82, 2.24) is 5.32 Å². The Labute approximate surface area is 224 Å². The molecule has 0 saturated heterocycles. The number of azide groups is 1. The van der Waals surface area contributed by atoms with Crippen LogP contribution in [-0.4, -0.2) is 49.7 Å².